The molecule has 1 amide bonds. The van der Waals surface area contributed by atoms with E-state index in [4.69, 9.17) is 5.11 Å². The molecule has 0 aromatic heterocycles. The maximum absolute atomic E-state index is 9.86. The van der Waals surface area contributed by atoms with Gasteiger partial charge in [0, 0.05) is 0 Å². The summed E-state index contributed by atoms with van der Waals surface area (Å²) in [5.74, 6) is 0.292. The van der Waals surface area contributed by atoms with Gasteiger partial charge in [-0.15, -0.1) is 0 Å². The Morgan fingerprint density at radius 1 is 1.67 bits per heavy atom. The van der Waals surface area contributed by atoms with Gasteiger partial charge in [-0.1, -0.05) is 13.8 Å². The van der Waals surface area contributed by atoms with E-state index < -0.39 is 0 Å². The Kier molecular flexibility index (Phi) is 4.05. The van der Waals surface area contributed by atoms with Gasteiger partial charge in [0.1, 0.15) is 0 Å². The van der Waals surface area contributed by atoms with Crippen molar-refractivity contribution in [3.63, 3.8) is 0 Å². The zero-order chi connectivity index (χ0) is 7.28. The van der Waals surface area contributed by atoms with Crippen LogP contribution in [-0.2, 0) is 4.79 Å². The van der Waals surface area contributed by atoms with Crippen molar-refractivity contribution in [1.82, 2.24) is 5.32 Å². The van der Waals surface area contributed by atoms with Gasteiger partial charge < -0.3 is 10.4 Å². The van der Waals surface area contributed by atoms with Crippen molar-refractivity contribution in [3.05, 3.63) is 0 Å². The third kappa shape index (κ3) is 3.08. The molecule has 0 rings (SSSR count). The molecule has 0 aliphatic rings. The molecular formula is C6H13NO2. The Morgan fingerprint density at radius 3 is 2.33 bits per heavy atom. The maximum Gasteiger partial charge on any atom is 0.207 e. The lowest BCUT2D eigenvalue weighted by molar-refractivity contribution is -0.110. The highest BCUT2D eigenvalue weighted by Crippen LogP contribution is 1.97. The summed E-state index contributed by atoms with van der Waals surface area (Å²) in [5.41, 5.74) is 0. The fourth-order valence-corrected chi connectivity index (χ4v) is 0.543. The maximum atomic E-state index is 9.86. The number of aliphatic hydroxyl groups excluding tert-OH is 1. The molecule has 0 aliphatic carbocycles. The number of carbonyl (C=O) groups excluding carboxylic acids is 1. The van der Waals surface area contributed by atoms with E-state index in [0.29, 0.717) is 12.3 Å². The Labute approximate surface area is 55.1 Å². The molecule has 0 aromatic rings. The van der Waals surface area contributed by atoms with E-state index in [-0.39, 0.29) is 12.6 Å². The molecule has 0 saturated heterocycles. The van der Waals surface area contributed by atoms with Crippen LogP contribution in [0.1, 0.15) is 13.8 Å². The van der Waals surface area contributed by atoms with Crippen LogP contribution in [0.4, 0.5) is 0 Å². The fourth-order valence-electron chi connectivity index (χ4n) is 0.543. The summed E-state index contributed by atoms with van der Waals surface area (Å²) in [4.78, 5) is 9.86. The van der Waals surface area contributed by atoms with Gasteiger partial charge in [-0.3, -0.25) is 4.79 Å². The van der Waals surface area contributed by atoms with Crippen molar-refractivity contribution >= 4 is 6.41 Å². The Bertz CT molecular complexity index is 83.1. The average molecular weight is 131 g/mol. The molecular weight excluding hydrogens is 118 g/mol. The Hall–Kier alpha value is -0.570. The summed E-state index contributed by atoms with van der Waals surface area (Å²) in [7, 11) is 0. The normalized spacial score (nSPS) is 13.3. The molecule has 1 atom stereocenters. The van der Waals surface area contributed by atoms with Gasteiger partial charge in [0.25, 0.3) is 0 Å². The lowest BCUT2D eigenvalue weighted by atomic mass is 10.1. The topological polar surface area (TPSA) is 49.3 Å². The fraction of sp³-hybridized carbons (Fsp3) is 0.833. The van der Waals surface area contributed by atoms with Gasteiger partial charge in [0.2, 0.25) is 6.41 Å². The van der Waals surface area contributed by atoms with Gasteiger partial charge in [-0.2, -0.15) is 0 Å². The summed E-state index contributed by atoms with van der Waals surface area (Å²) < 4.78 is 0. The smallest absolute Gasteiger partial charge is 0.207 e. The van der Waals surface area contributed by atoms with Gasteiger partial charge in [-0.25, -0.2) is 0 Å². The highest BCUT2D eigenvalue weighted by atomic mass is 16.3. The quantitative estimate of drug-likeness (QED) is 0.517. The van der Waals surface area contributed by atoms with Crippen molar-refractivity contribution in [3.8, 4) is 0 Å². The van der Waals surface area contributed by atoms with E-state index in [1.807, 2.05) is 13.8 Å². The minimum Gasteiger partial charge on any atom is -0.394 e. The van der Waals surface area contributed by atoms with Crippen molar-refractivity contribution in [2.45, 2.75) is 19.9 Å². The molecule has 3 nitrogen and oxygen atoms in total. The SMILES string of the molecule is CC(C)[C@@H](CO)NC=O. The van der Waals surface area contributed by atoms with E-state index in [2.05, 4.69) is 5.32 Å². The minimum absolute atomic E-state index is 0.0103. The Morgan fingerprint density at radius 2 is 2.22 bits per heavy atom. The highest BCUT2D eigenvalue weighted by molar-refractivity contribution is 5.46. The molecule has 0 saturated carbocycles. The number of amides is 1. The number of carbonyl (C=O) groups is 1. The van der Waals surface area contributed by atoms with Crippen LogP contribution in [-0.4, -0.2) is 24.2 Å². The molecule has 0 heterocycles. The molecule has 0 radical (unpaired) electrons. The molecule has 54 valence electrons. The Balaban J connectivity index is 3.53. The van der Waals surface area contributed by atoms with Gasteiger partial charge >= 0.3 is 0 Å². The van der Waals surface area contributed by atoms with E-state index in [0.717, 1.165) is 0 Å². The second-order valence-corrected chi connectivity index (χ2v) is 2.32. The first-order chi connectivity index (χ1) is 4.22. The molecule has 0 spiro atoms. The third-order valence-electron chi connectivity index (χ3n) is 1.28. The predicted octanol–water partition coefficient (Wildman–Crippen LogP) is -0.251. The molecule has 9 heavy (non-hydrogen) atoms. The first-order valence-corrected chi connectivity index (χ1v) is 3.03. The van der Waals surface area contributed by atoms with Gasteiger partial charge in [-0.05, 0) is 5.92 Å². The molecule has 0 aliphatic heterocycles. The number of rotatable bonds is 4. The van der Waals surface area contributed by atoms with Gasteiger partial charge in [0.05, 0.1) is 12.6 Å². The largest absolute Gasteiger partial charge is 0.394 e. The predicted molar refractivity (Wildman–Crippen MR) is 34.9 cm³/mol. The third-order valence-corrected chi connectivity index (χ3v) is 1.28. The summed E-state index contributed by atoms with van der Waals surface area (Å²) in [6.07, 6.45) is 0.612. The summed E-state index contributed by atoms with van der Waals surface area (Å²) in [6.45, 7) is 3.89. The van der Waals surface area contributed by atoms with Crippen LogP contribution in [0.15, 0.2) is 0 Å². The van der Waals surface area contributed by atoms with E-state index in [1.165, 1.54) is 0 Å². The van der Waals surface area contributed by atoms with Crippen LogP contribution in [0.2, 0.25) is 0 Å². The zero-order valence-corrected chi connectivity index (χ0v) is 5.79. The minimum atomic E-state index is -0.0949. The number of hydrogen-bond acceptors (Lipinski definition) is 2. The van der Waals surface area contributed by atoms with E-state index in [1.54, 1.807) is 0 Å². The van der Waals surface area contributed by atoms with Crippen LogP contribution in [0.25, 0.3) is 0 Å². The molecule has 0 aromatic carbocycles. The van der Waals surface area contributed by atoms with Crippen LogP contribution in [0, 0.1) is 5.92 Å². The van der Waals surface area contributed by atoms with Crippen molar-refractivity contribution in [1.29, 1.82) is 0 Å². The molecule has 3 heteroatoms. The van der Waals surface area contributed by atoms with E-state index in [9.17, 15) is 4.79 Å². The number of hydrogen-bond donors (Lipinski definition) is 2. The van der Waals surface area contributed by atoms with Crippen LogP contribution in [0.5, 0.6) is 0 Å². The first kappa shape index (κ1) is 8.43. The summed E-state index contributed by atoms with van der Waals surface area (Å²) in [5, 5.41) is 11.1. The molecule has 0 bridgehead atoms. The molecule has 0 fully saturated rings. The average Bonchev–Trinajstić information content (AvgIpc) is 1.82. The first-order valence-electron chi connectivity index (χ1n) is 3.03. The second-order valence-electron chi connectivity index (χ2n) is 2.32. The van der Waals surface area contributed by atoms with Crippen molar-refractivity contribution < 1.29 is 9.90 Å². The lowest BCUT2D eigenvalue weighted by Gasteiger charge is -2.15. The van der Waals surface area contributed by atoms with Crippen LogP contribution < -0.4 is 5.32 Å². The zero-order valence-electron chi connectivity index (χ0n) is 5.79. The van der Waals surface area contributed by atoms with Crippen molar-refractivity contribution in [2.24, 2.45) is 5.92 Å². The standard InChI is InChI=1S/C6H13NO2/c1-5(2)6(3-8)7-4-9/h4-6,8H,3H2,1-2H3,(H,7,9)/t6-/m1/s1. The summed E-state index contributed by atoms with van der Waals surface area (Å²) in [6, 6.07) is -0.0949. The van der Waals surface area contributed by atoms with Crippen LogP contribution in [0.3, 0.4) is 0 Å². The van der Waals surface area contributed by atoms with E-state index >= 15 is 0 Å². The molecule has 2 N–H and O–H groups in total. The number of nitrogens with one attached hydrogen (secondary N) is 1. The number of aliphatic hydroxyl groups is 1. The molecule has 0 unspecified atom stereocenters. The van der Waals surface area contributed by atoms with Gasteiger partial charge in [0.15, 0.2) is 0 Å². The van der Waals surface area contributed by atoms with Crippen LogP contribution >= 0.6 is 0 Å². The monoisotopic (exact) mass is 131 g/mol. The highest BCUT2D eigenvalue weighted by Gasteiger charge is 2.08. The summed E-state index contributed by atoms with van der Waals surface area (Å²) >= 11 is 0. The second kappa shape index (κ2) is 4.32. The van der Waals surface area contributed by atoms with Crippen molar-refractivity contribution in [2.75, 3.05) is 6.61 Å². The lowest BCUT2D eigenvalue weighted by Crippen LogP contribution is -2.35.